The number of furan rings is 1. The summed E-state index contributed by atoms with van der Waals surface area (Å²) in [6.45, 7) is 0. The first-order valence-electron chi connectivity index (χ1n) is 5.75. The fourth-order valence-electron chi connectivity index (χ4n) is 2.27. The lowest BCUT2D eigenvalue weighted by atomic mass is 10.1. The largest absolute Gasteiger partial charge is 0.458 e. The number of rotatable bonds is 3. The highest BCUT2D eigenvalue weighted by Crippen LogP contribution is 2.43. The van der Waals surface area contributed by atoms with Crippen LogP contribution >= 0.6 is 15.9 Å². The first-order chi connectivity index (χ1) is 8.20. The van der Waals surface area contributed by atoms with Crippen LogP contribution in [0.3, 0.4) is 0 Å². The van der Waals surface area contributed by atoms with Gasteiger partial charge in [0.2, 0.25) is 0 Å². The van der Waals surface area contributed by atoms with Crippen LogP contribution in [0.2, 0.25) is 0 Å². The van der Waals surface area contributed by atoms with E-state index in [0.29, 0.717) is 16.9 Å². The van der Waals surface area contributed by atoms with Crippen molar-refractivity contribution in [3.63, 3.8) is 0 Å². The van der Waals surface area contributed by atoms with Crippen LogP contribution in [0.5, 0.6) is 0 Å². The minimum absolute atomic E-state index is 0.202. The Morgan fingerprint density at radius 1 is 1.47 bits per heavy atom. The molecule has 17 heavy (non-hydrogen) atoms. The Balaban J connectivity index is 2.12. The highest BCUT2D eigenvalue weighted by molar-refractivity contribution is 9.10. The molecular formula is C13H13BrFNO. The monoisotopic (exact) mass is 297 g/mol. The Hall–Kier alpha value is -0.870. The van der Waals surface area contributed by atoms with Crippen molar-refractivity contribution in [3.8, 4) is 0 Å². The lowest BCUT2D eigenvalue weighted by molar-refractivity contribution is 0.419. The van der Waals surface area contributed by atoms with E-state index in [2.05, 4.69) is 21.2 Å². The summed E-state index contributed by atoms with van der Waals surface area (Å²) in [4.78, 5) is 0. The van der Waals surface area contributed by atoms with E-state index in [0.717, 1.165) is 10.2 Å². The molecule has 4 heteroatoms. The van der Waals surface area contributed by atoms with Gasteiger partial charge in [0.05, 0.1) is 15.9 Å². The standard InChI is InChI=1S/C13H13BrFNO/c1-16-12(7-2-3-7)11-6-8-10(15)5-4-9(14)13(8)17-11/h4-7,12,16H,2-3H2,1H3. The van der Waals surface area contributed by atoms with Gasteiger partial charge < -0.3 is 9.73 Å². The highest BCUT2D eigenvalue weighted by atomic mass is 79.9. The van der Waals surface area contributed by atoms with Crippen LogP contribution < -0.4 is 5.32 Å². The molecule has 0 aliphatic heterocycles. The van der Waals surface area contributed by atoms with Crippen molar-refractivity contribution in [3.05, 3.63) is 34.2 Å². The lowest BCUT2D eigenvalue weighted by Crippen LogP contribution is -2.17. The molecule has 0 bridgehead atoms. The Bertz CT molecular complexity index is 523. The smallest absolute Gasteiger partial charge is 0.151 e. The third-order valence-corrected chi connectivity index (χ3v) is 3.94. The molecule has 1 aliphatic rings. The van der Waals surface area contributed by atoms with Gasteiger partial charge in [0.25, 0.3) is 0 Å². The minimum Gasteiger partial charge on any atom is -0.458 e. The molecule has 1 N–H and O–H groups in total. The van der Waals surface area contributed by atoms with Crippen LogP contribution in [-0.4, -0.2) is 7.05 Å². The molecule has 1 atom stereocenters. The molecule has 1 unspecified atom stereocenters. The molecule has 1 aromatic heterocycles. The predicted octanol–water partition coefficient (Wildman–Crippen LogP) is 4.00. The van der Waals surface area contributed by atoms with Crippen LogP contribution in [0.15, 0.2) is 27.1 Å². The van der Waals surface area contributed by atoms with Crippen LogP contribution in [0.25, 0.3) is 11.0 Å². The van der Waals surface area contributed by atoms with E-state index in [1.54, 1.807) is 6.07 Å². The molecule has 1 heterocycles. The topological polar surface area (TPSA) is 25.2 Å². The Kier molecular flexibility index (Phi) is 2.71. The molecule has 1 aliphatic carbocycles. The minimum atomic E-state index is -0.233. The van der Waals surface area contributed by atoms with Crippen molar-refractivity contribution < 1.29 is 8.81 Å². The van der Waals surface area contributed by atoms with Gasteiger partial charge in [0.15, 0.2) is 5.58 Å². The molecule has 0 radical (unpaired) electrons. The summed E-state index contributed by atoms with van der Waals surface area (Å²) in [5.41, 5.74) is 0.598. The van der Waals surface area contributed by atoms with Gasteiger partial charge in [0, 0.05) is 0 Å². The third kappa shape index (κ3) is 1.89. The Morgan fingerprint density at radius 3 is 2.82 bits per heavy atom. The van der Waals surface area contributed by atoms with Crippen molar-refractivity contribution in [1.29, 1.82) is 0 Å². The number of fused-ring (bicyclic) bond motifs is 1. The number of halogens is 2. The van der Waals surface area contributed by atoms with E-state index in [4.69, 9.17) is 4.42 Å². The van der Waals surface area contributed by atoms with E-state index in [1.807, 2.05) is 13.1 Å². The second kappa shape index (κ2) is 4.10. The van der Waals surface area contributed by atoms with Gasteiger partial charge >= 0.3 is 0 Å². The molecular weight excluding hydrogens is 285 g/mol. The molecule has 0 spiro atoms. The second-order valence-electron chi connectivity index (χ2n) is 4.52. The molecule has 1 saturated carbocycles. The second-order valence-corrected chi connectivity index (χ2v) is 5.38. The maximum Gasteiger partial charge on any atom is 0.151 e. The molecule has 1 fully saturated rings. The first-order valence-corrected chi connectivity index (χ1v) is 6.54. The number of hydrogen-bond donors (Lipinski definition) is 1. The fourth-order valence-corrected chi connectivity index (χ4v) is 2.70. The van der Waals surface area contributed by atoms with E-state index in [9.17, 15) is 4.39 Å². The van der Waals surface area contributed by atoms with Crippen molar-refractivity contribution >= 4 is 26.9 Å². The maximum atomic E-state index is 13.7. The van der Waals surface area contributed by atoms with Gasteiger partial charge in [-0.25, -0.2) is 4.39 Å². The fraction of sp³-hybridized carbons (Fsp3) is 0.385. The van der Waals surface area contributed by atoms with Gasteiger partial charge in [-0.15, -0.1) is 0 Å². The third-order valence-electron chi connectivity index (χ3n) is 3.31. The zero-order valence-corrected chi connectivity index (χ0v) is 11.1. The van der Waals surface area contributed by atoms with E-state index < -0.39 is 0 Å². The van der Waals surface area contributed by atoms with E-state index in [1.165, 1.54) is 18.9 Å². The molecule has 3 rings (SSSR count). The molecule has 90 valence electrons. The summed E-state index contributed by atoms with van der Waals surface area (Å²) in [7, 11) is 1.92. The van der Waals surface area contributed by atoms with Crippen LogP contribution in [0.1, 0.15) is 24.6 Å². The summed E-state index contributed by atoms with van der Waals surface area (Å²) in [6, 6.07) is 5.15. The predicted molar refractivity (Wildman–Crippen MR) is 68.4 cm³/mol. The Morgan fingerprint density at radius 2 is 2.24 bits per heavy atom. The highest BCUT2D eigenvalue weighted by Gasteiger charge is 2.33. The van der Waals surface area contributed by atoms with E-state index >= 15 is 0 Å². The van der Waals surface area contributed by atoms with Crippen LogP contribution in [0.4, 0.5) is 4.39 Å². The SMILES string of the molecule is CNC(c1cc2c(F)ccc(Br)c2o1)C1CC1. The van der Waals surface area contributed by atoms with Crippen molar-refractivity contribution in [1.82, 2.24) is 5.32 Å². The van der Waals surface area contributed by atoms with Crippen LogP contribution in [-0.2, 0) is 0 Å². The molecule has 2 aromatic rings. The average molecular weight is 298 g/mol. The van der Waals surface area contributed by atoms with Crippen molar-refractivity contribution in [2.24, 2.45) is 5.92 Å². The van der Waals surface area contributed by atoms with E-state index in [-0.39, 0.29) is 11.9 Å². The normalized spacial score (nSPS) is 17.6. The molecule has 2 nitrogen and oxygen atoms in total. The zero-order chi connectivity index (χ0) is 12.0. The number of benzene rings is 1. The van der Waals surface area contributed by atoms with Crippen molar-refractivity contribution in [2.45, 2.75) is 18.9 Å². The average Bonchev–Trinajstić information content (AvgIpc) is 3.03. The van der Waals surface area contributed by atoms with Gasteiger partial charge in [0.1, 0.15) is 11.6 Å². The van der Waals surface area contributed by atoms with Gasteiger partial charge in [-0.3, -0.25) is 0 Å². The van der Waals surface area contributed by atoms with Gasteiger partial charge in [-0.1, -0.05) is 0 Å². The number of nitrogens with one attached hydrogen (secondary N) is 1. The maximum absolute atomic E-state index is 13.7. The summed E-state index contributed by atoms with van der Waals surface area (Å²) >= 11 is 3.39. The Labute approximate surface area is 107 Å². The summed E-state index contributed by atoms with van der Waals surface area (Å²) in [6.07, 6.45) is 2.43. The summed E-state index contributed by atoms with van der Waals surface area (Å²) < 4.78 is 20.2. The number of hydrogen-bond acceptors (Lipinski definition) is 2. The van der Waals surface area contributed by atoms with Crippen LogP contribution in [0, 0.1) is 11.7 Å². The quantitative estimate of drug-likeness (QED) is 0.926. The lowest BCUT2D eigenvalue weighted by Gasteiger charge is -2.11. The molecule has 0 amide bonds. The molecule has 1 aromatic carbocycles. The van der Waals surface area contributed by atoms with Crippen molar-refractivity contribution in [2.75, 3.05) is 7.05 Å². The summed E-state index contributed by atoms with van der Waals surface area (Å²) in [5.74, 6) is 1.22. The molecule has 0 saturated heterocycles. The summed E-state index contributed by atoms with van der Waals surface area (Å²) in [5, 5.41) is 3.80. The van der Waals surface area contributed by atoms with Gasteiger partial charge in [-0.2, -0.15) is 0 Å². The van der Waals surface area contributed by atoms with Gasteiger partial charge in [-0.05, 0) is 59.9 Å². The first kappa shape index (κ1) is 11.2. The zero-order valence-electron chi connectivity index (χ0n) is 9.47.